The Kier molecular flexibility index (Phi) is 5.31. The molecule has 1 aromatic heterocycles. The third kappa shape index (κ3) is 3.87. The van der Waals surface area contributed by atoms with Crippen molar-refractivity contribution in [2.75, 3.05) is 14.2 Å². The topological polar surface area (TPSA) is 60.5 Å². The van der Waals surface area contributed by atoms with Gasteiger partial charge in [0.25, 0.3) is 5.91 Å². The number of amides is 1. The zero-order valence-electron chi connectivity index (χ0n) is 16.3. The second-order valence-electron chi connectivity index (χ2n) is 6.62. The molecule has 0 saturated carbocycles. The summed E-state index contributed by atoms with van der Waals surface area (Å²) >= 11 is 0. The molecular weight excluding hydrogens is 340 g/mol. The van der Waals surface area contributed by atoms with Gasteiger partial charge in [-0.25, -0.2) is 0 Å². The van der Waals surface area contributed by atoms with E-state index in [1.165, 1.54) is 0 Å². The van der Waals surface area contributed by atoms with E-state index in [0.29, 0.717) is 22.8 Å². The molecule has 3 rings (SSSR count). The van der Waals surface area contributed by atoms with E-state index in [1.54, 1.807) is 14.2 Å². The van der Waals surface area contributed by atoms with Crippen LogP contribution in [-0.2, 0) is 0 Å². The van der Waals surface area contributed by atoms with Gasteiger partial charge in [-0.3, -0.25) is 9.78 Å². The monoisotopic (exact) mass is 364 g/mol. The first-order chi connectivity index (χ1) is 12.9. The zero-order chi connectivity index (χ0) is 19.6. The van der Waals surface area contributed by atoms with Gasteiger partial charge in [-0.1, -0.05) is 12.1 Å². The van der Waals surface area contributed by atoms with Gasteiger partial charge in [0.2, 0.25) is 0 Å². The van der Waals surface area contributed by atoms with E-state index < -0.39 is 0 Å². The standard InChI is InChI=1S/C22H24N2O3/c1-13-6-7-16-11-19(15(3)23-20(16)10-13)22(25)24-14(2)18-9-8-17(26-4)12-21(18)27-5/h6-12,14H,1-5H3,(H,24,25). The highest BCUT2D eigenvalue weighted by Crippen LogP contribution is 2.29. The molecule has 0 aliphatic heterocycles. The first-order valence-electron chi connectivity index (χ1n) is 8.83. The fourth-order valence-electron chi connectivity index (χ4n) is 3.13. The van der Waals surface area contributed by atoms with E-state index in [-0.39, 0.29) is 11.9 Å². The van der Waals surface area contributed by atoms with Crippen LogP contribution in [0.1, 0.15) is 40.1 Å². The zero-order valence-corrected chi connectivity index (χ0v) is 16.3. The van der Waals surface area contributed by atoms with Crippen molar-refractivity contribution in [2.24, 2.45) is 0 Å². The minimum absolute atomic E-state index is 0.159. The Labute approximate surface area is 159 Å². The molecule has 3 aromatic rings. The lowest BCUT2D eigenvalue weighted by Gasteiger charge is -2.18. The summed E-state index contributed by atoms with van der Waals surface area (Å²) in [6, 6.07) is 13.3. The maximum absolute atomic E-state index is 12.9. The number of ether oxygens (including phenoxy) is 2. The van der Waals surface area contributed by atoms with Crippen LogP contribution < -0.4 is 14.8 Å². The van der Waals surface area contributed by atoms with Crippen molar-refractivity contribution in [2.45, 2.75) is 26.8 Å². The number of hydrogen-bond acceptors (Lipinski definition) is 4. The molecule has 5 heteroatoms. The quantitative estimate of drug-likeness (QED) is 0.731. The second-order valence-corrected chi connectivity index (χ2v) is 6.62. The number of pyridine rings is 1. The molecular formula is C22H24N2O3. The number of methoxy groups -OCH3 is 2. The molecule has 1 unspecified atom stereocenters. The molecule has 0 spiro atoms. The summed E-state index contributed by atoms with van der Waals surface area (Å²) in [6.07, 6.45) is 0. The SMILES string of the molecule is COc1ccc(C(C)NC(=O)c2cc3ccc(C)cc3nc2C)c(OC)c1. The molecule has 27 heavy (non-hydrogen) atoms. The van der Waals surface area contributed by atoms with E-state index in [4.69, 9.17) is 9.47 Å². The van der Waals surface area contributed by atoms with Gasteiger partial charge < -0.3 is 14.8 Å². The molecule has 0 radical (unpaired) electrons. The molecule has 0 bridgehead atoms. The van der Waals surface area contributed by atoms with Gasteiger partial charge in [-0.2, -0.15) is 0 Å². The molecule has 140 valence electrons. The van der Waals surface area contributed by atoms with Crippen LogP contribution in [0.4, 0.5) is 0 Å². The number of carbonyl (C=O) groups is 1. The number of fused-ring (bicyclic) bond motifs is 1. The maximum atomic E-state index is 12.9. The first kappa shape index (κ1) is 18.7. The molecule has 0 aliphatic carbocycles. The molecule has 5 nitrogen and oxygen atoms in total. The second kappa shape index (κ2) is 7.66. The first-order valence-corrected chi connectivity index (χ1v) is 8.83. The Morgan fingerprint density at radius 1 is 1.04 bits per heavy atom. The van der Waals surface area contributed by atoms with Crippen molar-refractivity contribution < 1.29 is 14.3 Å². The van der Waals surface area contributed by atoms with Crippen LogP contribution in [0.3, 0.4) is 0 Å². The van der Waals surface area contributed by atoms with Crippen LogP contribution in [0.5, 0.6) is 11.5 Å². The van der Waals surface area contributed by atoms with Gasteiger partial charge in [0.1, 0.15) is 11.5 Å². The van der Waals surface area contributed by atoms with Crippen LogP contribution >= 0.6 is 0 Å². The molecule has 1 atom stereocenters. The van der Waals surface area contributed by atoms with E-state index in [0.717, 1.165) is 22.0 Å². The highest BCUT2D eigenvalue weighted by atomic mass is 16.5. The van der Waals surface area contributed by atoms with Gasteiger partial charge in [0, 0.05) is 17.0 Å². The predicted molar refractivity (Wildman–Crippen MR) is 107 cm³/mol. The minimum Gasteiger partial charge on any atom is -0.497 e. The Hall–Kier alpha value is -3.08. The highest BCUT2D eigenvalue weighted by molar-refractivity contribution is 5.98. The van der Waals surface area contributed by atoms with Crippen LogP contribution in [0.15, 0.2) is 42.5 Å². The molecule has 1 heterocycles. The number of nitrogens with one attached hydrogen (secondary N) is 1. The molecule has 1 amide bonds. The van der Waals surface area contributed by atoms with E-state index in [9.17, 15) is 4.79 Å². The smallest absolute Gasteiger partial charge is 0.253 e. The van der Waals surface area contributed by atoms with Crippen LogP contribution in [0.2, 0.25) is 0 Å². The number of hydrogen-bond donors (Lipinski definition) is 1. The summed E-state index contributed by atoms with van der Waals surface area (Å²) in [5, 5.41) is 3.99. The summed E-state index contributed by atoms with van der Waals surface area (Å²) in [6.45, 7) is 5.81. The summed E-state index contributed by atoms with van der Waals surface area (Å²) in [5.41, 5.74) is 4.21. The number of aromatic nitrogens is 1. The molecule has 2 aromatic carbocycles. The Morgan fingerprint density at radius 2 is 1.81 bits per heavy atom. The number of carbonyl (C=O) groups excluding carboxylic acids is 1. The van der Waals surface area contributed by atoms with Crippen molar-refractivity contribution in [1.82, 2.24) is 10.3 Å². The number of rotatable bonds is 5. The van der Waals surface area contributed by atoms with Gasteiger partial charge in [0.05, 0.1) is 37.0 Å². The van der Waals surface area contributed by atoms with E-state index in [1.807, 2.05) is 63.2 Å². The van der Waals surface area contributed by atoms with Gasteiger partial charge in [-0.15, -0.1) is 0 Å². The van der Waals surface area contributed by atoms with Crippen LogP contribution in [-0.4, -0.2) is 25.1 Å². The Morgan fingerprint density at radius 3 is 2.52 bits per heavy atom. The van der Waals surface area contributed by atoms with E-state index >= 15 is 0 Å². The fraction of sp³-hybridized carbons (Fsp3) is 0.273. The highest BCUT2D eigenvalue weighted by Gasteiger charge is 2.18. The van der Waals surface area contributed by atoms with Crippen molar-refractivity contribution in [3.8, 4) is 11.5 Å². The predicted octanol–water partition coefficient (Wildman–Crippen LogP) is 4.36. The Balaban J connectivity index is 1.88. The summed E-state index contributed by atoms with van der Waals surface area (Å²) in [7, 11) is 3.21. The van der Waals surface area contributed by atoms with Crippen LogP contribution in [0.25, 0.3) is 10.9 Å². The number of aryl methyl sites for hydroxylation is 2. The Bertz CT molecular complexity index is 998. The fourth-order valence-corrected chi connectivity index (χ4v) is 3.13. The van der Waals surface area contributed by atoms with Crippen LogP contribution in [0, 0.1) is 13.8 Å². The lowest BCUT2D eigenvalue weighted by Crippen LogP contribution is -2.27. The maximum Gasteiger partial charge on any atom is 0.253 e. The van der Waals surface area contributed by atoms with Crippen molar-refractivity contribution in [3.63, 3.8) is 0 Å². The molecule has 0 saturated heterocycles. The number of nitrogens with zero attached hydrogens (tertiary/aromatic N) is 1. The average molecular weight is 364 g/mol. The normalized spacial score (nSPS) is 11.9. The molecule has 1 N–H and O–H groups in total. The average Bonchev–Trinajstić information content (AvgIpc) is 2.66. The largest absolute Gasteiger partial charge is 0.497 e. The van der Waals surface area contributed by atoms with Crippen molar-refractivity contribution in [1.29, 1.82) is 0 Å². The number of benzene rings is 2. The molecule has 0 aliphatic rings. The third-order valence-corrected chi connectivity index (χ3v) is 4.66. The lowest BCUT2D eigenvalue weighted by atomic mass is 10.0. The van der Waals surface area contributed by atoms with Gasteiger partial charge >= 0.3 is 0 Å². The minimum atomic E-state index is -0.230. The summed E-state index contributed by atoms with van der Waals surface area (Å²) < 4.78 is 10.7. The molecule has 0 fully saturated rings. The van der Waals surface area contributed by atoms with Gasteiger partial charge in [-0.05, 0) is 50.6 Å². The van der Waals surface area contributed by atoms with Crippen molar-refractivity contribution in [3.05, 3.63) is 64.8 Å². The summed E-state index contributed by atoms with van der Waals surface area (Å²) in [4.78, 5) is 17.5. The summed E-state index contributed by atoms with van der Waals surface area (Å²) in [5.74, 6) is 1.22. The van der Waals surface area contributed by atoms with Gasteiger partial charge in [0.15, 0.2) is 0 Å². The third-order valence-electron chi connectivity index (χ3n) is 4.66. The van der Waals surface area contributed by atoms with Crippen molar-refractivity contribution >= 4 is 16.8 Å². The van der Waals surface area contributed by atoms with E-state index in [2.05, 4.69) is 10.3 Å². The lowest BCUT2D eigenvalue weighted by molar-refractivity contribution is 0.0938.